The number of rotatable bonds is 16. The minimum absolute atomic E-state index is 0.0403. The number of aromatic nitrogens is 17. The lowest BCUT2D eigenvalue weighted by Crippen LogP contribution is -2.32. The highest BCUT2D eigenvalue weighted by atomic mass is 19.4. The van der Waals surface area contributed by atoms with Crippen molar-refractivity contribution in [3.8, 4) is 55.6 Å². The number of H-pyrrole nitrogens is 8. The van der Waals surface area contributed by atoms with Gasteiger partial charge in [-0.25, -0.2) is 19.2 Å². The zero-order chi connectivity index (χ0) is 85.1. The van der Waals surface area contributed by atoms with Crippen LogP contribution in [0.2, 0.25) is 0 Å². The Bertz CT molecular complexity index is 7020. The van der Waals surface area contributed by atoms with Crippen LogP contribution in [0.4, 0.5) is 13.2 Å². The third kappa shape index (κ3) is 15.4. The molecule has 1 aliphatic carbocycles. The third-order valence-electron chi connectivity index (χ3n) is 21.7. The highest BCUT2D eigenvalue weighted by Gasteiger charge is 2.44. The second-order valence-corrected chi connectivity index (χ2v) is 30.1. The van der Waals surface area contributed by atoms with E-state index in [1.165, 1.54) is 36.2 Å². The smallest absolute Gasteiger partial charge is 0.379 e. The number of aryl methyl sites for hydroxylation is 10. The van der Waals surface area contributed by atoms with Crippen LogP contribution in [0.5, 0.6) is 0 Å². The molecule has 1 fully saturated rings. The average molecular weight is 1630 g/mol. The first kappa shape index (κ1) is 80.2. The van der Waals surface area contributed by atoms with Crippen molar-refractivity contribution in [2.45, 2.75) is 124 Å². The van der Waals surface area contributed by atoms with Gasteiger partial charge in [0.15, 0.2) is 11.2 Å². The normalized spacial score (nSPS) is 13.0. The summed E-state index contributed by atoms with van der Waals surface area (Å²) in [5, 5.41) is 52.4. The molecule has 5 aromatic carbocycles. The predicted molar refractivity (Wildman–Crippen MR) is 446 cm³/mol. The summed E-state index contributed by atoms with van der Waals surface area (Å²) in [6, 6.07) is 49.3. The van der Waals surface area contributed by atoms with Crippen molar-refractivity contribution in [2.24, 2.45) is 0 Å². The van der Waals surface area contributed by atoms with Gasteiger partial charge in [-0.3, -0.25) is 24.9 Å². The van der Waals surface area contributed by atoms with Crippen molar-refractivity contribution in [3.63, 3.8) is 0 Å². The van der Waals surface area contributed by atoms with Crippen molar-refractivity contribution in [1.29, 1.82) is 0 Å². The van der Waals surface area contributed by atoms with E-state index < -0.39 is 41.5 Å². The molecule has 18 aromatic rings. The monoisotopic (exact) mass is 1630 g/mol. The second-order valence-electron chi connectivity index (χ2n) is 30.1. The van der Waals surface area contributed by atoms with Crippen LogP contribution in [0.25, 0.3) is 99.8 Å². The molecule has 0 amide bonds. The number of hydrogen-bond acceptors (Lipinski definition) is 20. The standard InChI is InChI=1S/C25H23N5O3.C23H19N5O3.C21H19F3N4O3.C21H19N3O2/c1-13-7-5-9-20(26-13)25(32,21-10-6-8-14(2)27-21)18-11-17(22-15(3)30-33-16(22)4)12-19-23(18)29-24(31)28-19;1-13-20(14(2)31-28-13)15-11-16(21-17(12-15)26-22(29)27-21)23(30,18-7-3-5-9-24-18)19-8-4-6-10-25-19;1-11-17(12(2)31-28-11)13-9-14(18-15(10-13)26-19(29)27-18)20(30,6-7-21(22,23)24)16-5-3-4-8-25-16;1-11-19(12(2)26-24-11)14-9-17(20-18(10-14)22-21(25)23-20)16-6-4-3-5-15(16)13-7-8-13/h5-12,32H,1-4H3,(H2,28,29,31);3-12,30H,1-2H3,(H2,26,27,29);3-5,8-10,30H,6-7H2,1-2H3,(H2,26,27,29);3-6,9-10,13H,7-8H2,1-2H3,(H2,22,23,25). The first-order valence-electron chi connectivity index (χ1n) is 38.7. The topological polar surface area (TPSA) is 424 Å². The minimum Gasteiger partial charge on any atom is -0.379 e. The van der Waals surface area contributed by atoms with Crippen molar-refractivity contribution < 1.29 is 46.6 Å². The number of pyridine rings is 5. The Morgan fingerprint density at radius 3 is 1.07 bits per heavy atom. The first-order valence-corrected chi connectivity index (χ1v) is 38.7. The van der Waals surface area contributed by atoms with Gasteiger partial charge >= 0.3 is 28.9 Å². The lowest BCUT2D eigenvalue weighted by molar-refractivity contribution is -0.144. The van der Waals surface area contributed by atoms with Gasteiger partial charge in [0.2, 0.25) is 0 Å². The summed E-state index contributed by atoms with van der Waals surface area (Å²) in [6.45, 7) is 18.4. The molecule has 28 nitrogen and oxygen atoms in total. The molecular formula is C90H80F3N17O11. The molecule has 13 heterocycles. The van der Waals surface area contributed by atoms with Crippen LogP contribution in [-0.4, -0.2) is 107 Å². The van der Waals surface area contributed by atoms with E-state index in [1.807, 2.05) is 110 Å². The molecule has 11 N–H and O–H groups in total. The van der Waals surface area contributed by atoms with Gasteiger partial charge in [0.1, 0.15) is 28.6 Å². The lowest BCUT2D eigenvalue weighted by atomic mass is 9.83. The number of nitrogens with one attached hydrogen (secondary N) is 8. The molecule has 612 valence electrons. The van der Waals surface area contributed by atoms with Crippen LogP contribution in [0, 0.1) is 69.2 Å². The Labute approximate surface area is 684 Å². The SMILES string of the molecule is Cc1cccc(C(O)(c2cccc(C)n2)c2cc(-c3c(C)noc3C)cc3[nH]c(=O)[nH]c23)n1.Cc1noc(C)c1-c1cc(-c2ccccc2C2CC2)c2[nH]c(=O)[nH]c2c1.Cc1noc(C)c1-c1cc(C(O)(CCC(F)(F)F)c2ccccn2)c2[nH]c(=O)[nH]c2c1.Cc1noc(C)c1-c1cc(C(O)(c2ccccn2)c2ccccn2)c2[nH]c(=O)[nH]c2c1. The van der Waals surface area contributed by atoms with Crippen LogP contribution in [0.15, 0.2) is 220 Å². The molecule has 0 aliphatic heterocycles. The Hall–Kier alpha value is -14.6. The Balaban J connectivity index is 0.000000120. The van der Waals surface area contributed by atoms with Gasteiger partial charge < -0.3 is 73.3 Å². The van der Waals surface area contributed by atoms with Crippen LogP contribution in [0.3, 0.4) is 0 Å². The van der Waals surface area contributed by atoms with E-state index in [0.29, 0.717) is 113 Å². The number of imidazole rings is 4. The van der Waals surface area contributed by atoms with Crippen LogP contribution < -0.4 is 22.8 Å². The zero-order valence-corrected chi connectivity index (χ0v) is 67.0. The maximum absolute atomic E-state index is 13.1. The van der Waals surface area contributed by atoms with E-state index in [9.17, 15) is 47.7 Å². The van der Waals surface area contributed by atoms with Crippen molar-refractivity contribution >= 4 is 44.1 Å². The van der Waals surface area contributed by atoms with Gasteiger partial charge in [0.05, 0.1) is 95.4 Å². The van der Waals surface area contributed by atoms with Crippen molar-refractivity contribution in [2.75, 3.05) is 0 Å². The molecule has 0 bridgehead atoms. The van der Waals surface area contributed by atoms with Crippen LogP contribution >= 0.6 is 0 Å². The molecule has 1 saturated carbocycles. The molecule has 121 heavy (non-hydrogen) atoms. The van der Waals surface area contributed by atoms with Gasteiger partial charge in [0.25, 0.3) is 0 Å². The van der Waals surface area contributed by atoms with E-state index in [-0.39, 0.29) is 33.8 Å². The predicted octanol–water partition coefficient (Wildman–Crippen LogP) is 15.8. The number of alkyl halides is 3. The number of nitrogens with zero attached hydrogens (tertiary/aromatic N) is 9. The summed E-state index contributed by atoms with van der Waals surface area (Å²) in [4.78, 5) is 93.2. The van der Waals surface area contributed by atoms with Crippen molar-refractivity contribution in [1.82, 2.24) is 85.4 Å². The third-order valence-corrected chi connectivity index (χ3v) is 21.7. The fourth-order valence-electron chi connectivity index (χ4n) is 16.1. The highest BCUT2D eigenvalue weighted by molar-refractivity contribution is 5.97. The maximum Gasteiger partial charge on any atom is 0.389 e. The minimum atomic E-state index is -4.49. The molecule has 1 aliphatic rings. The molecule has 0 saturated heterocycles. The van der Waals surface area contributed by atoms with Gasteiger partial charge in [0, 0.05) is 80.9 Å². The Morgan fingerprint density at radius 2 is 0.702 bits per heavy atom. The van der Waals surface area contributed by atoms with Crippen LogP contribution in [-0.2, 0) is 16.8 Å². The van der Waals surface area contributed by atoms with Crippen molar-refractivity contribution in [3.05, 3.63) is 332 Å². The fraction of sp³-hybridized carbons (Fsp3) is 0.211. The summed E-state index contributed by atoms with van der Waals surface area (Å²) in [5.41, 5.74) is 13.9. The largest absolute Gasteiger partial charge is 0.389 e. The van der Waals surface area contributed by atoms with E-state index in [1.54, 1.807) is 99.0 Å². The Morgan fingerprint density at radius 1 is 0.364 bits per heavy atom. The number of fused-ring (bicyclic) bond motifs is 4. The second kappa shape index (κ2) is 31.7. The highest BCUT2D eigenvalue weighted by Crippen LogP contribution is 2.49. The maximum atomic E-state index is 13.1. The molecule has 13 aromatic heterocycles. The van der Waals surface area contributed by atoms with E-state index in [4.69, 9.17) is 18.1 Å². The molecule has 0 spiro atoms. The van der Waals surface area contributed by atoms with Gasteiger partial charge in [-0.15, -0.1) is 0 Å². The van der Waals surface area contributed by atoms with E-state index >= 15 is 0 Å². The number of hydrogen-bond donors (Lipinski definition) is 11. The van der Waals surface area contributed by atoms with Gasteiger partial charge in [-0.1, -0.05) is 75.2 Å². The zero-order valence-electron chi connectivity index (χ0n) is 67.0. The number of aromatic amines is 8. The van der Waals surface area contributed by atoms with E-state index in [0.717, 1.165) is 72.8 Å². The lowest BCUT2D eigenvalue weighted by Gasteiger charge is -2.29. The summed E-state index contributed by atoms with van der Waals surface area (Å²) < 4.78 is 60.7. The molecular weight excluding hydrogens is 1550 g/mol. The first-order chi connectivity index (χ1) is 57.9. The van der Waals surface area contributed by atoms with Gasteiger partial charge in [-0.2, -0.15) is 13.2 Å². The summed E-state index contributed by atoms with van der Waals surface area (Å²) in [5.74, 6) is 3.18. The van der Waals surface area contributed by atoms with Gasteiger partial charge in [-0.05, 0) is 237 Å². The fourth-order valence-corrected chi connectivity index (χ4v) is 16.1. The summed E-state index contributed by atoms with van der Waals surface area (Å²) in [7, 11) is 0. The number of aliphatic hydroxyl groups is 3. The van der Waals surface area contributed by atoms with Crippen LogP contribution in [0.1, 0.15) is 140 Å². The molecule has 19 rings (SSSR count). The molecule has 1 unspecified atom stereocenters. The molecule has 0 radical (unpaired) electrons. The Kier molecular flexibility index (Phi) is 21.0. The number of halogens is 3. The quantitative estimate of drug-likeness (QED) is 0.0428. The average Bonchev–Trinajstić information content (AvgIpc) is 1.70. The number of benzene rings is 5. The summed E-state index contributed by atoms with van der Waals surface area (Å²) in [6.07, 6.45) is 0.653. The van der Waals surface area contributed by atoms with E-state index in [2.05, 4.69) is 116 Å². The molecule has 31 heteroatoms. The molecule has 1 atom stereocenters. The summed E-state index contributed by atoms with van der Waals surface area (Å²) >= 11 is 0.